The van der Waals surface area contributed by atoms with Crippen LogP contribution in [0.15, 0.2) is 23.8 Å². The zero-order valence-corrected chi connectivity index (χ0v) is 4.22. The van der Waals surface area contributed by atoms with Gasteiger partial charge in [0.25, 0.3) is 0 Å². The van der Waals surface area contributed by atoms with Crippen molar-refractivity contribution in [3.8, 4) is 0 Å². The molecule has 1 atom stereocenters. The van der Waals surface area contributed by atoms with Crippen LogP contribution in [0.4, 0.5) is 0 Å². The van der Waals surface area contributed by atoms with Gasteiger partial charge < -0.3 is 0 Å². The summed E-state index contributed by atoms with van der Waals surface area (Å²) in [5.41, 5.74) is 0.917. The van der Waals surface area contributed by atoms with Crippen LogP contribution in [0.25, 0.3) is 0 Å². The SMILES string of the molecule is CC1=CC=CC1[O]. The van der Waals surface area contributed by atoms with Gasteiger partial charge in [-0.15, -0.1) is 0 Å². The third kappa shape index (κ3) is 0.722. The molecule has 0 spiro atoms. The van der Waals surface area contributed by atoms with E-state index in [9.17, 15) is 5.11 Å². The second-order valence-electron chi connectivity index (χ2n) is 1.72. The molecule has 1 unspecified atom stereocenters. The maximum absolute atomic E-state index is 10.5. The van der Waals surface area contributed by atoms with Gasteiger partial charge in [-0.1, -0.05) is 12.2 Å². The van der Waals surface area contributed by atoms with Gasteiger partial charge in [0.15, 0.2) is 0 Å². The molecule has 0 amide bonds. The van der Waals surface area contributed by atoms with Crippen molar-refractivity contribution in [2.45, 2.75) is 13.0 Å². The summed E-state index contributed by atoms with van der Waals surface area (Å²) in [5.74, 6) is 0. The maximum atomic E-state index is 10.5. The van der Waals surface area contributed by atoms with Gasteiger partial charge in [-0.3, -0.25) is 0 Å². The predicted octanol–water partition coefficient (Wildman–Crippen LogP) is 1.30. The molecule has 0 bridgehead atoms. The molecule has 0 aromatic carbocycles. The highest BCUT2D eigenvalue weighted by Crippen LogP contribution is 2.09. The summed E-state index contributed by atoms with van der Waals surface area (Å²) in [7, 11) is 0. The maximum Gasteiger partial charge on any atom is 0.133 e. The van der Waals surface area contributed by atoms with Crippen LogP contribution >= 0.6 is 0 Å². The van der Waals surface area contributed by atoms with Crippen LogP contribution in [0.1, 0.15) is 6.92 Å². The van der Waals surface area contributed by atoms with E-state index >= 15 is 0 Å². The minimum Gasteiger partial charge on any atom is -0.224 e. The minimum absolute atomic E-state index is 0.556. The largest absolute Gasteiger partial charge is 0.224 e. The molecule has 0 saturated heterocycles. The van der Waals surface area contributed by atoms with E-state index in [0.717, 1.165) is 5.57 Å². The topological polar surface area (TPSA) is 19.9 Å². The fraction of sp³-hybridized carbons (Fsp3) is 0.333. The smallest absolute Gasteiger partial charge is 0.133 e. The van der Waals surface area contributed by atoms with E-state index in [1.807, 2.05) is 13.0 Å². The molecular weight excluding hydrogens is 88.1 g/mol. The van der Waals surface area contributed by atoms with Crippen LogP contribution in [-0.4, -0.2) is 6.10 Å². The highest BCUT2D eigenvalue weighted by atomic mass is 16.3. The Bertz CT molecular complexity index is 122. The molecule has 37 valence electrons. The first kappa shape index (κ1) is 4.60. The van der Waals surface area contributed by atoms with Crippen LogP contribution in [0.3, 0.4) is 0 Å². The van der Waals surface area contributed by atoms with Gasteiger partial charge in [0.1, 0.15) is 6.10 Å². The molecule has 7 heavy (non-hydrogen) atoms. The molecule has 0 heterocycles. The number of allylic oxidation sites excluding steroid dienone is 2. The molecule has 0 aromatic heterocycles. The zero-order chi connectivity index (χ0) is 5.28. The summed E-state index contributed by atoms with van der Waals surface area (Å²) in [6.45, 7) is 1.84. The van der Waals surface area contributed by atoms with Crippen molar-refractivity contribution in [1.82, 2.24) is 0 Å². The number of hydrogen-bond donors (Lipinski definition) is 0. The average molecular weight is 95.1 g/mol. The van der Waals surface area contributed by atoms with E-state index in [1.165, 1.54) is 0 Å². The van der Waals surface area contributed by atoms with Crippen molar-refractivity contribution in [2.75, 3.05) is 0 Å². The molecule has 1 rings (SSSR count). The lowest BCUT2D eigenvalue weighted by atomic mass is 10.2. The Morgan fingerprint density at radius 1 is 1.71 bits per heavy atom. The van der Waals surface area contributed by atoms with Gasteiger partial charge in [0.05, 0.1) is 0 Å². The lowest BCUT2D eigenvalue weighted by Gasteiger charge is -1.92. The molecule has 0 saturated carbocycles. The van der Waals surface area contributed by atoms with Crippen LogP contribution in [-0.2, 0) is 5.11 Å². The Balaban J connectivity index is 2.69. The quantitative estimate of drug-likeness (QED) is 0.432. The summed E-state index contributed by atoms with van der Waals surface area (Å²) < 4.78 is 0. The van der Waals surface area contributed by atoms with Crippen molar-refractivity contribution in [2.24, 2.45) is 0 Å². The normalized spacial score (nSPS) is 28.3. The summed E-state index contributed by atoms with van der Waals surface area (Å²) >= 11 is 0. The van der Waals surface area contributed by atoms with Crippen molar-refractivity contribution < 1.29 is 5.11 Å². The standard InChI is InChI=1S/C6H7O/c1-5-3-2-4-6(5)7/h2-4,6H,1H3. The molecule has 1 heteroatoms. The van der Waals surface area contributed by atoms with E-state index in [-0.39, 0.29) is 0 Å². The fourth-order valence-corrected chi connectivity index (χ4v) is 0.555. The highest BCUT2D eigenvalue weighted by molar-refractivity contribution is 5.26. The fourth-order valence-electron chi connectivity index (χ4n) is 0.555. The van der Waals surface area contributed by atoms with Gasteiger partial charge >= 0.3 is 0 Å². The summed E-state index contributed by atoms with van der Waals surface area (Å²) in [6.07, 6.45) is 4.74. The third-order valence-electron chi connectivity index (χ3n) is 1.09. The third-order valence-corrected chi connectivity index (χ3v) is 1.09. The van der Waals surface area contributed by atoms with E-state index in [2.05, 4.69) is 0 Å². The van der Waals surface area contributed by atoms with Crippen LogP contribution < -0.4 is 0 Å². The first-order chi connectivity index (χ1) is 3.30. The Hall–Kier alpha value is -0.560. The Labute approximate surface area is 43.0 Å². The lowest BCUT2D eigenvalue weighted by molar-refractivity contribution is 0.162. The Kier molecular flexibility index (Phi) is 0.988. The second-order valence-corrected chi connectivity index (χ2v) is 1.72. The first-order valence-electron chi connectivity index (χ1n) is 2.31. The number of hydrogen-bond acceptors (Lipinski definition) is 0. The van der Waals surface area contributed by atoms with Crippen molar-refractivity contribution in [3.63, 3.8) is 0 Å². The average Bonchev–Trinajstić information content (AvgIpc) is 1.91. The molecule has 0 aliphatic heterocycles. The van der Waals surface area contributed by atoms with E-state index in [0.29, 0.717) is 0 Å². The zero-order valence-electron chi connectivity index (χ0n) is 4.22. The predicted molar refractivity (Wildman–Crippen MR) is 27.4 cm³/mol. The molecule has 1 radical (unpaired) electrons. The van der Waals surface area contributed by atoms with E-state index < -0.39 is 6.10 Å². The van der Waals surface area contributed by atoms with Gasteiger partial charge in [-0.25, -0.2) is 5.11 Å². The lowest BCUT2D eigenvalue weighted by Crippen LogP contribution is -1.95. The van der Waals surface area contributed by atoms with Gasteiger partial charge in [0, 0.05) is 0 Å². The molecule has 1 aliphatic rings. The highest BCUT2D eigenvalue weighted by Gasteiger charge is 2.05. The Morgan fingerprint density at radius 3 is 2.57 bits per heavy atom. The van der Waals surface area contributed by atoms with Crippen LogP contribution in [0, 0.1) is 0 Å². The summed E-state index contributed by atoms with van der Waals surface area (Å²) in [5, 5.41) is 10.5. The molecule has 1 aliphatic carbocycles. The van der Waals surface area contributed by atoms with E-state index in [4.69, 9.17) is 0 Å². The summed E-state index contributed by atoms with van der Waals surface area (Å²) in [4.78, 5) is 0. The van der Waals surface area contributed by atoms with Crippen molar-refractivity contribution in [1.29, 1.82) is 0 Å². The van der Waals surface area contributed by atoms with Crippen molar-refractivity contribution in [3.05, 3.63) is 23.8 Å². The van der Waals surface area contributed by atoms with Crippen molar-refractivity contribution >= 4 is 0 Å². The molecule has 0 aromatic rings. The summed E-state index contributed by atoms with van der Waals surface area (Å²) in [6, 6.07) is 0. The van der Waals surface area contributed by atoms with Gasteiger partial charge in [0.2, 0.25) is 0 Å². The first-order valence-corrected chi connectivity index (χ1v) is 2.31. The molecule has 0 N–H and O–H groups in total. The monoisotopic (exact) mass is 95.0 g/mol. The molecular formula is C6H7O. The second kappa shape index (κ2) is 1.51. The van der Waals surface area contributed by atoms with E-state index in [1.54, 1.807) is 12.2 Å². The van der Waals surface area contributed by atoms with Crippen LogP contribution in [0.5, 0.6) is 0 Å². The van der Waals surface area contributed by atoms with Crippen LogP contribution in [0.2, 0.25) is 0 Å². The minimum atomic E-state index is -0.556. The molecule has 1 nitrogen and oxygen atoms in total. The van der Waals surface area contributed by atoms with Gasteiger partial charge in [-0.05, 0) is 18.6 Å². The van der Waals surface area contributed by atoms with Gasteiger partial charge in [-0.2, -0.15) is 0 Å². The number of rotatable bonds is 0. The Morgan fingerprint density at radius 2 is 2.43 bits per heavy atom. The molecule has 0 fully saturated rings.